The van der Waals surface area contributed by atoms with Crippen molar-refractivity contribution >= 4 is 29.1 Å². The molecule has 0 aromatic heterocycles. The summed E-state index contributed by atoms with van der Waals surface area (Å²) in [5.74, 6) is -0.454. The number of nitrogens with one attached hydrogen (secondary N) is 1. The molecule has 0 fully saturated rings. The van der Waals surface area contributed by atoms with Gasteiger partial charge in [0.05, 0.1) is 27.2 Å². The van der Waals surface area contributed by atoms with Gasteiger partial charge in [0.2, 0.25) is 0 Å². The molecule has 1 amide bonds. The second kappa shape index (κ2) is 6.81. The summed E-state index contributed by atoms with van der Waals surface area (Å²) < 4.78 is 37.6. The van der Waals surface area contributed by atoms with Crippen molar-refractivity contribution in [2.45, 2.75) is 19.1 Å². The number of hydrogen-bond donors (Lipinski definition) is 1. The van der Waals surface area contributed by atoms with E-state index in [1.807, 2.05) is 0 Å². The lowest BCUT2D eigenvalue weighted by Gasteiger charge is -2.16. The molecule has 0 spiro atoms. The number of benzene rings is 2. The first kappa shape index (κ1) is 17.6. The van der Waals surface area contributed by atoms with Crippen molar-refractivity contribution < 1.29 is 18.0 Å². The molecule has 2 rings (SSSR count). The maximum atomic E-state index is 12.5. The molecule has 23 heavy (non-hydrogen) atoms. The standard InChI is InChI=1S/C16H12Cl2F3NO/c1-9(10-5-7-11(8-6-10)16(19,20)21)22-15(23)12-3-2-4-13(17)14(12)18/h2-9H,1H3,(H,22,23)/t9-/m0/s1. The first-order chi connectivity index (χ1) is 10.7. The molecule has 2 aromatic carbocycles. The molecule has 1 N–H and O–H groups in total. The van der Waals surface area contributed by atoms with Gasteiger partial charge in [-0.2, -0.15) is 13.2 Å². The Hall–Kier alpha value is -1.72. The monoisotopic (exact) mass is 361 g/mol. The molecule has 0 aliphatic carbocycles. The van der Waals surface area contributed by atoms with E-state index in [1.165, 1.54) is 18.2 Å². The molecule has 7 heteroatoms. The molecule has 1 atom stereocenters. The molecule has 2 aromatic rings. The molecular weight excluding hydrogens is 350 g/mol. The number of halogens is 5. The fourth-order valence-corrected chi connectivity index (χ4v) is 2.38. The predicted molar refractivity (Wildman–Crippen MR) is 83.8 cm³/mol. The van der Waals surface area contributed by atoms with Gasteiger partial charge in [0.25, 0.3) is 5.91 Å². The molecule has 0 aliphatic heterocycles. The van der Waals surface area contributed by atoms with Crippen LogP contribution in [0, 0.1) is 0 Å². The lowest BCUT2D eigenvalue weighted by Crippen LogP contribution is -2.27. The summed E-state index contributed by atoms with van der Waals surface area (Å²) in [7, 11) is 0. The third-order valence-electron chi connectivity index (χ3n) is 3.28. The van der Waals surface area contributed by atoms with Crippen LogP contribution in [0.3, 0.4) is 0 Å². The predicted octanol–water partition coefficient (Wildman–Crippen LogP) is 5.50. The summed E-state index contributed by atoms with van der Waals surface area (Å²) in [6.07, 6.45) is -4.39. The average molecular weight is 362 g/mol. The van der Waals surface area contributed by atoms with Crippen molar-refractivity contribution in [3.8, 4) is 0 Å². The molecule has 0 saturated carbocycles. The van der Waals surface area contributed by atoms with Gasteiger partial charge in [-0.3, -0.25) is 4.79 Å². The second-order valence-electron chi connectivity index (χ2n) is 4.92. The van der Waals surface area contributed by atoms with E-state index in [4.69, 9.17) is 23.2 Å². The molecule has 122 valence electrons. The molecule has 0 unspecified atom stereocenters. The van der Waals surface area contributed by atoms with Crippen molar-refractivity contribution in [1.29, 1.82) is 0 Å². The molecule has 0 radical (unpaired) electrons. The average Bonchev–Trinajstić information content (AvgIpc) is 2.49. The maximum Gasteiger partial charge on any atom is 0.416 e. The quantitative estimate of drug-likeness (QED) is 0.767. The van der Waals surface area contributed by atoms with Crippen molar-refractivity contribution in [1.82, 2.24) is 5.32 Å². The zero-order valence-corrected chi connectivity index (χ0v) is 13.4. The lowest BCUT2D eigenvalue weighted by molar-refractivity contribution is -0.137. The van der Waals surface area contributed by atoms with Crippen molar-refractivity contribution in [2.24, 2.45) is 0 Å². The highest BCUT2D eigenvalue weighted by Gasteiger charge is 2.30. The largest absolute Gasteiger partial charge is 0.416 e. The number of alkyl halides is 3. The van der Waals surface area contributed by atoms with Gasteiger partial charge in [-0.05, 0) is 36.8 Å². The van der Waals surface area contributed by atoms with Crippen LogP contribution in [0.25, 0.3) is 0 Å². The van der Waals surface area contributed by atoms with E-state index < -0.39 is 23.7 Å². The van der Waals surface area contributed by atoms with E-state index in [-0.39, 0.29) is 15.6 Å². The van der Waals surface area contributed by atoms with Crippen molar-refractivity contribution in [2.75, 3.05) is 0 Å². The molecule has 0 saturated heterocycles. The van der Waals surface area contributed by atoms with E-state index in [0.717, 1.165) is 12.1 Å². The Kier molecular flexibility index (Phi) is 5.22. The van der Waals surface area contributed by atoms with Crippen LogP contribution in [-0.2, 0) is 6.18 Å². The Morgan fingerprint density at radius 2 is 1.70 bits per heavy atom. The molecule has 2 nitrogen and oxygen atoms in total. The van der Waals surface area contributed by atoms with Crippen LogP contribution in [0.2, 0.25) is 10.0 Å². The van der Waals surface area contributed by atoms with E-state index in [0.29, 0.717) is 5.56 Å². The van der Waals surface area contributed by atoms with Crippen LogP contribution >= 0.6 is 23.2 Å². The SMILES string of the molecule is C[C@H](NC(=O)c1cccc(Cl)c1Cl)c1ccc(C(F)(F)F)cc1. The molecular formula is C16H12Cl2F3NO. The number of carbonyl (C=O) groups is 1. The van der Waals surface area contributed by atoms with E-state index in [9.17, 15) is 18.0 Å². The Labute approximate surface area is 141 Å². The van der Waals surface area contributed by atoms with Gasteiger partial charge >= 0.3 is 6.18 Å². The number of carbonyl (C=O) groups excluding carboxylic acids is 1. The van der Waals surface area contributed by atoms with Crippen LogP contribution in [0.4, 0.5) is 13.2 Å². The zero-order chi connectivity index (χ0) is 17.2. The number of hydrogen-bond acceptors (Lipinski definition) is 1. The van der Waals surface area contributed by atoms with Gasteiger partial charge in [-0.25, -0.2) is 0 Å². The highest BCUT2D eigenvalue weighted by atomic mass is 35.5. The normalized spacial score (nSPS) is 12.8. The van der Waals surface area contributed by atoms with Gasteiger partial charge < -0.3 is 5.32 Å². The van der Waals surface area contributed by atoms with Crippen LogP contribution in [-0.4, -0.2) is 5.91 Å². The summed E-state index contributed by atoms with van der Waals surface area (Å²) in [5, 5.41) is 3.06. The maximum absolute atomic E-state index is 12.5. The van der Waals surface area contributed by atoms with Gasteiger partial charge in [-0.1, -0.05) is 41.4 Å². The van der Waals surface area contributed by atoms with Gasteiger partial charge in [-0.15, -0.1) is 0 Å². The van der Waals surface area contributed by atoms with Crippen molar-refractivity contribution in [3.63, 3.8) is 0 Å². The Balaban J connectivity index is 2.14. The summed E-state index contributed by atoms with van der Waals surface area (Å²) in [4.78, 5) is 12.2. The minimum absolute atomic E-state index is 0.131. The highest BCUT2D eigenvalue weighted by molar-refractivity contribution is 6.43. The van der Waals surface area contributed by atoms with Crippen LogP contribution in [0.15, 0.2) is 42.5 Å². The zero-order valence-electron chi connectivity index (χ0n) is 11.9. The van der Waals surface area contributed by atoms with E-state index in [2.05, 4.69) is 5.32 Å². The fourth-order valence-electron chi connectivity index (χ4n) is 2.00. The van der Waals surface area contributed by atoms with Crippen LogP contribution < -0.4 is 5.32 Å². The second-order valence-corrected chi connectivity index (χ2v) is 5.70. The van der Waals surface area contributed by atoms with Gasteiger partial charge in [0.15, 0.2) is 0 Å². The van der Waals surface area contributed by atoms with Crippen LogP contribution in [0.1, 0.15) is 34.5 Å². The summed E-state index contributed by atoms with van der Waals surface area (Å²) in [6, 6.07) is 8.78. The Morgan fingerprint density at radius 1 is 1.09 bits per heavy atom. The molecule has 0 heterocycles. The minimum atomic E-state index is -4.39. The van der Waals surface area contributed by atoms with Crippen LogP contribution in [0.5, 0.6) is 0 Å². The summed E-state index contributed by atoms with van der Waals surface area (Å²) >= 11 is 11.8. The highest BCUT2D eigenvalue weighted by Crippen LogP contribution is 2.30. The van der Waals surface area contributed by atoms with Crippen molar-refractivity contribution in [3.05, 3.63) is 69.2 Å². The van der Waals surface area contributed by atoms with Gasteiger partial charge in [0.1, 0.15) is 0 Å². The third-order valence-corrected chi connectivity index (χ3v) is 4.10. The van der Waals surface area contributed by atoms with Gasteiger partial charge in [0, 0.05) is 0 Å². The third kappa shape index (κ3) is 4.18. The van der Waals surface area contributed by atoms with E-state index in [1.54, 1.807) is 19.1 Å². The number of amides is 1. The topological polar surface area (TPSA) is 29.1 Å². The summed E-state index contributed by atoms with van der Waals surface area (Å²) in [6.45, 7) is 1.67. The lowest BCUT2D eigenvalue weighted by atomic mass is 10.1. The minimum Gasteiger partial charge on any atom is -0.345 e. The number of rotatable bonds is 3. The fraction of sp³-hybridized carbons (Fsp3) is 0.188. The summed E-state index contributed by atoms with van der Waals surface area (Å²) in [5.41, 5.74) is 0.0140. The molecule has 0 bridgehead atoms. The first-order valence-corrected chi connectivity index (χ1v) is 7.38. The first-order valence-electron chi connectivity index (χ1n) is 6.62. The smallest absolute Gasteiger partial charge is 0.345 e. The Morgan fingerprint density at radius 3 is 2.26 bits per heavy atom. The van der Waals surface area contributed by atoms with E-state index >= 15 is 0 Å². The Bertz CT molecular complexity index is 714. The molecule has 0 aliphatic rings.